The van der Waals surface area contributed by atoms with Crippen LogP contribution in [0.5, 0.6) is 0 Å². The van der Waals surface area contributed by atoms with Crippen molar-refractivity contribution in [3.63, 3.8) is 0 Å². The molecule has 1 aromatic carbocycles. The normalized spacial score (nSPS) is 12.3. The lowest BCUT2D eigenvalue weighted by Gasteiger charge is -2.13. The van der Waals surface area contributed by atoms with Crippen LogP contribution in [0, 0.1) is 0 Å². The fourth-order valence-corrected chi connectivity index (χ4v) is 1.64. The van der Waals surface area contributed by atoms with Crippen molar-refractivity contribution in [2.24, 2.45) is 0 Å². The van der Waals surface area contributed by atoms with Gasteiger partial charge in [-0.15, -0.1) is 0 Å². The van der Waals surface area contributed by atoms with Gasteiger partial charge in [0, 0.05) is 18.0 Å². The summed E-state index contributed by atoms with van der Waals surface area (Å²) in [5.41, 5.74) is 1.96. The van der Waals surface area contributed by atoms with Crippen molar-refractivity contribution in [3.8, 4) is 0 Å². The van der Waals surface area contributed by atoms with Crippen LogP contribution in [-0.4, -0.2) is 10.9 Å². The Hall–Kier alpha value is -1.83. The van der Waals surface area contributed by atoms with Crippen LogP contribution < -0.4 is 0 Å². The Kier molecular flexibility index (Phi) is 2.68. The molecule has 0 amide bonds. The van der Waals surface area contributed by atoms with E-state index in [1.165, 1.54) is 5.56 Å². The molecule has 0 bridgehead atoms. The van der Waals surface area contributed by atoms with Gasteiger partial charge in [-0.2, -0.15) is 0 Å². The Bertz CT molecular complexity index is 445. The number of carbonyl (C=O) groups excluding carboxylic acids is 1. The first-order chi connectivity index (χ1) is 7.31. The minimum absolute atomic E-state index is 0.264. The van der Waals surface area contributed by atoms with Gasteiger partial charge in [0.25, 0.3) is 0 Å². The van der Waals surface area contributed by atoms with Crippen LogP contribution in [0.3, 0.4) is 0 Å². The van der Waals surface area contributed by atoms with Crippen molar-refractivity contribution in [2.45, 2.75) is 13.0 Å². The number of benzene rings is 1. The molecule has 0 aliphatic carbocycles. The third-order valence-electron chi connectivity index (χ3n) is 2.60. The highest BCUT2D eigenvalue weighted by Gasteiger charge is 2.06. The molecule has 0 aliphatic rings. The molecule has 0 saturated carbocycles. The molecule has 15 heavy (non-hydrogen) atoms. The van der Waals surface area contributed by atoms with Crippen LogP contribution in [0.4, 0.5) is 0 Å². The molecule has 0 fully saturated rings. The lowest BCUT2D eigenvalue weighted by molar-refractivity contribution is 0.112. The quantitative estimate of drug-likeness (QED) is 0.697. The van der Waals surface area contributed by atoms with Gasteiger partial charge in [-0.05, 0) is 18.6 Å². The number of nitrogens with zero attached hydrogens (tertiary/aromatic N) is 1. The maximum Gasteiger partial charge on any atom is 0.151 e. The fraction of sp³-hybridized carbons (Fsp3) is 0.154. The summed E-state index contributed by atoms with van der Waals surface area (Å²) in [6.45, 7) is 2.11. The van der Waals surface area contributed by atoms with E-state index in [0.717, 1.165) is 11.8 Å². The van der Waals surface area contributed by atoms with Gasteiger partial charge < -0.3 is 4.57 Å². The molecule has 1 atom stereocenters. The largest absolute Gasteiger partial charge is 0.346 e. The number of carbonyl (C=O) groups is 1. The summed E-state index contributed by atoms with van der Waals surface area (Å²) < 4.78 is 2.04. The number of aromatic nitrogens is 1. The third-order valence-corrected chi connectivity index (χ3v) is 2.60. The van der Waals surface area contributed by atoms with Crippen molar-refractivity contribution < 1.29 is 4.79 Å². The standard InChI is InChI=1S/C13H13NO/c1-11(13-5-3-2-4-6-13)14-8-7-12(9-14)10-15/h2-11H,1H3/t11-/m1/s1. The molecule has 0 N–H and O–H groups in total. The van der Waals surface area contributed by atoms with Crippen molar-refractivity contribution in [2.75, 3.05) is 0 Å². The van der Waals surface area contributed by atoms with Crippen LogP contribution in [-0.2, 0) is 0 Å². The Morgan fingerprint density at radius 1 is 1.20 bits per heavy atom. The molecule has 0 unspecified atom stereocenters. The Labute approximate surface area is 89.2 Å². The first kappa shape index (κ1) is 9.71. The molecule has 1 aromatic heterocycles. The molecule has 2 nitrogen and oxygen atoms in total. The second-order valence-corrected chi connectivity index (χ2v) is 3.60. The Morgan fingerprint density at radius 2 is 1.93 bits per heavy atom. The maximum absolute atomic E-state index is 10.6. The van der Waals surface area contributed by atoms with Crippen LogP contribution >= 0.6 is 0 Å². The van der Waals surface area contributed by atoms with Gasteiger partial charge in [-0.25, -0.2) is 0 Å². The zero-order valence-corrected chi connectivity index (χ0v) is 8.63. The Morgan fingerprint density at radius 3 is 2.53 bits per heavy atom. The number of hydrogen-bond donors (Lipinski definition) is 0. The Balaban J connectivity index is 2.28. The second kappa shape index (κ2) is 4.13. The molecule has 0 saturated heterocycles. The molecule has 2 heteroatoms. The van der Waals surface area contributed by atoms with E-state index in [0.29, 0.717) is 0 Å². The SMILES string of the molecule is C[C@H](c1ccccc1)n1ccc(C=O)c1. The van der Waals surface area contributed by atoms with Crippen LogP contribution in [0.25, 0.3) is 0 Å². The molecule has 0 aliphatic heterocycles. The third kappa shape index (κ3) is 1.99. The van der Waals surface area contributed by atoms with Crippen molar-refractivity contribution in [3.05, 3.63) is 59.9 Å². The lowest BCUT2D eigenvalue weighted by Crippen LogP contribution is -2.03. The zero-order valence-electron chi connectivity index (χ0n) is 8.63. The maximum atomic E-state index is 10.6. The molecular formula is C13H13NO. The predicted octanol–water partition coefficient (Wildman–Crippen LogP) is 2.91. The topological polar surface area (TPSA) is 22.0 Å². The highest BCUT2D eigenvalue weighted by atomic mass is 16.1. The summed E-state index contributed by atoms with van der Waals surface area (Å²) in [4.78, 5) is 10.6. The fourth-order valence-electron chi connectivity index (χ4n) is 1.64. The number of rotatable bonds is 3. The van der Waals surface area contributed by atoms with Crippen LogP contribution in [0.15, 0.2) is 48.8 Å². The van der Waals surface area contributed by atoms with E-state index in [1.54, 1.807) is 0 Å². The van der Waals surface area contributed by atoms with E-state index in [-0.39, 0.29) is 6.04 Å². The minimum Gasteiger partial charge on any atom is -0.346 e. The molecule has 76 valence electrons. The number of aldehydes is 1. The van der Waals surface area contributed by atoms with E-state index < -0.39 is 0 Å². The van der Waals surface area contributed by atoms with Crippen LogP contribution in [0.2, 0.25) is 0 Å². The predicted molar refractivity (Wildman–Crippen MR) is 60.1 cm³/mol. The summed E-state index contributed by atoms with van der Waals surface area (Å²) in [5, 5.41) is 0. The summed E-state index contributed by atoms with van der Waals surface area (Å²) in [5.74, 6) is 0. The van der Waals surface area contributed by atoms with Gasteiger partial charge in [-0.3, -0.25) is 4.79 Å². The highest BCUT2D eigenvalue weighted by Crippen LogP contribution is 2.17. The first-order valence-corrected chi connectivity index (χ1v) is 4.99. The van der Waals surface area contributed by atoms with Crippen molar-refractivity contribution >= 4 is 6.29 Å². The summed E-state index contributed by atoms with van der Waals surface area (Å²) in [6.07, 6.45) is 4.67. The van der Waals surface area contributed by atoms with E-state index in [4.69, 9.17) is 0 Å². The van der Waals surface area contributed by atoms with Gasteiger partial charge in [0.15, 0.2) is 6.29 Å². The van der Waals surface area contributed by atoms with Crippen molar-refractivity contribution in [1.82, 2.24) is 4.57 Å². The molecule has 0 radical (unpaired) electrons. The highest BCUT2D eigenvalue weighted by molar-refractivity contribution is 5.74. The monoisotopic (exact) mass is 199 g/mol. The van der Waals surface area contributed by atoms with Gasteiger partial charge >= 0.3 is 0 Å². The summed E-state index contributed by atoms with van der Waals surface area (Å²) >= 11 is 0. The average Bonchev–Trinajstić information content (AvgIpc) is 2.78. The minimum atomic E-state index is 0.264. The van der Waals surface area contributed by atoms with Gasteiger partial charge in [-0.1, -0.05) is 30.3 Å². The van der Waals surface area contributed by atoms with Gasteiger partial charge in [0.1, 0.15) is 0 Å². The van der Waals surface area contributed by atoms with E-state index >= 15 is 0 Å². The van der Waals surface area contributed by atoms with Gasteiger partial charge in [0.05, 0.1) is 6.04 Å². The molecule has 2 rings (SSSR count). The molecule has 2 aromatic rings. The zero-order chi connectivity index (χ0) is 10.7. The molecular weight excluding hydrogens is 186 g/mol. The van der Waals surface area contributed by atoms with E-state index in [2.05, 4.69) is 19.1 Å². The van der Waals surface area contributed by atoms with Crippen LogP contribution in [0.1, 0.15) is 28.9 Å². The number of hydrogen-bond acceptors (Lipinski definition) is 1. The molecule has 1 heterocycles. The smallest absolute Gasteiger partial charge is 0.151 e. The van der Waals surface area contributed by atoms with E-state index in [1.807, 2.05) is 41.2 Å². The van der Waals surface area contributed by atoms with E-state index in [9.17, 15) is 4.79 Å². The first-order valence-electron chi connectivity index (χ1n) is 4.99. The average molecular weight is 199 g/mol. The van der Waals surface area contributed by atoms with Crippen molar-refractivity contribution in [1.29, 1.82) is 0 Å². The van der Waals surface area contributed by atoms with Gasteiger partial charge in [0.2, 0.25) is 0 Å². The molecule has 0 spiro atoms. The lowest BCUT2D eigenvalue weighted by atomic mass is 10.1. The summed E-state index contributed by atoms with van der Waals surface area (Å²) in [6, 6.07) is 12.3. The second-order valence-electron chi connectivity index (χ2n) is 3.60. The summed E-state index contributed by atoms with van der Waals surface area (Å²) in [7, 11) is 0.